The third-order valence-electron chi connectivity index (χ3n) is 2.74. The van der Waals surface area contributed by atoms with Crippen LogP contribution in [0.15, 0.2) is 18.2 Å². The number of benzene rings is 1. The van der Waals surface area contributed by atoms with Crippen LogP contribution in [0.3, 0.4) is 0 Å². The summed E-state index contributed by atoms with van der Waals surface area (Å²) < 4.78 is 31.6. The van der Waals surface area contributed by atoms with E-state index in [0.717, 1.165) is 6.07 Å². The SMILES string of the molecule is CC1COC(Cc2ccc(F)cc2F)CN1. The second kappa shape index (κ2) is 4.89. The first-order valence-electron chi connectivity index (χ1n) is 5.44. The Kier molecular flexibility index (Phi) is 3.51. The summed E-state index contributed by atoms with van der Waals surface area (Å²) in [5, 5.41) is 3.26. The zero-order valence-electron chi connectivity index (χ0n) is 9.17. The van der Waals surface area contributed by atoms with Gasteiger partial charge in [0.25, 0.3) is 0 Å². The fourth-order valence-corrected chi connectivity index (χ4v) is 1.79. The largest absolute Gasteiger partial charge is 0.375 e. The van der Waals surface area contributed by atoms with E-state index >= 15 is 0 Å². The normalized spacial score (nSPS) is 25.7. The van der Waals surface area contributed by atoms with Gasteiger partial charge in [0.1, 0.15) is 11.6 Å². The number of hydrogen-bond acceptors (Lipinski definition) is 2. The number of halogens is 2. The molecule has 2 rings (SSSR count). The van der Waals surface area contributed by atoms with Gasteiger partial charge in [0, 0.05) is 25.1 Å². The zero-order valence-corrected chi connectivity index (χ0v) is 9.17. The highest BCUT2D eigenvalue weighted by molar-refractivity contribution is 5.19. The molecule has 0 amide bonds. The topological polar surface area (TPSA) is 21.3 Å². The Morgan fingerprint density at radius 1 is 1.44 bits per heavy atom. The van der Waals surface area contributed by atoms with Crippen LogP contribution in [0.25, 0.3) is 0 Å². The number of rotatable bonds is 2. The summed E-state index contributed by atoms with van der Waals surface area (Å²) in [5.41, 5.74) is 0.503. The van der Waals surface area contributed by atoms with Crippen molar-refractivity contribution >= 4 is 0 Å². The van der Waals surface area contributed by atoms with Gasteiger partial charge in [-0.2, -0.15) is 0 Å². The molecule has 4 heteroatoms. The Labute approximate surface area is 93.6 Å². The molecule has 16 heavy (non-hydrogen) atoms. The van der Waals surface area contributed by atoms with Gasteiger partial charge in [-0.25, -0.2) is 8.78 Å². The monoisotopic (exact) mass is 227 g/mol. The van der Waals surface area contributed by atoms with Crippen molar-refractivity contribution in [1.82, 2.24) is 5.32 Å². The molecule has 0 radical (unpaired) electrons. The molecule has 2 atom stereocenters. The summed E-state index contributed by atoms with van der Waals surface area (Å²) >= 11 is 0. The maximum Gasteiger partial charge on any atom is 0.129 e. The van der Waals surface area contributed by atoms with Crippen molar-refractivity contribution in [2.75, 3.05) is 13.2 Å². The average molecular weight is 227 g/mol. The molecule has 0 spiro atoms. The van der Waals surface area contributed by atoms with Gasteiger partial charge < -0.3 is 10.1 Å². The summed E-state index contributed by atoms with van der Waals surface area (Å²) in [6.07, 6.45) is 0.447. The van der Waals surface area contributed by atoms with Gasteiger partial charge in [0.2, 0.25) is 0 Å². The standard InChI is InChI=1S/C12H15F2NO/c1-8-7-16-11(6-15-8)4-9-2-3-10(13)5-12(9)14/h2-3,5,8,11,15H,4,6-7H2,1H3. The molecule has 1 aromatic rings. The van der Waals surface area contributed by atoms with Crippen LogP contribution in [-0.4, -0.2) is 25.3 Å². The van der Waals surface area contributed by atoms with Gasteiger partial charge in [-0.1, -0.05) is 6.07 Å². The molecule has 88 valence electrons. The lowest BCUT2D eigenvalue weighted by Crippen LogP contribution is -2.45. The molecule has 0 bridgehead atoms. The second-order valence-corrected chi connectivity index (χ2v) is 4.20. The van der Waals surface area contributed by atoms with E-state index in [4.69, 9.17) is 4.74 Å². The average Bonchev–Trinajstić information content (AvgIpc) is 2.25. The minimum Gasteiger partial charge on any atom is -0.375 e. The number of nitrogens with one attached hydrogen (secondary N) is 1. The molecule has 2 unspecified atom stereocenters. The number of hydrogen-bond donors (Lipinski definition) is 1. The highest BCUT2D eigenvalue weighted by atomic mass is 19.1. The molecule has 1 N–H and O–H groups in total. The summed E-state index contributed by atoms with van der Waals surface area (Å²) in [4.78, 5) is 0. The fraction of sp³-hybridized carbons (Fsp3) is 0.500. The van der Waals surface area contributed by atoms with Gasteiger partial charge in [0.15, 0.2) is 0 Å². The van der Waals surface area contributed by atoms with Crippen LogP contribution >= 0.6 is 0 Å². The molecule has 0 aliphatic carbocycles. The van der Waals surface area contributed by atoms with Crippen molar-refractivity contribution < 1.29 is 13.5 Å². The Balaban J connectivity index is 1.98. The molecule has 1 aliphatic heterocycles. The van der Waals surface area contributed by atoms with Gasteiger partial charge in [-0.05, 0) is 18.6 Å². The smallest absolute Gasteiger partial charge is 0.129 e. The summed E-state index contributed by atoms with van der Waals surface area (Å²) in [7, 11) is 0. The molecule has 1 fully saturated rings. The van der Waals surface area contributed by atoms with Gasteiger partial charge in [-0.3, -0.25) is 0 Å². The van der Waals surface area contributed by atoms with E-state index in [-0.39, 0.29) is 6.10 Å². The lowest BCUT2D eigenvalue weighted by Gasteiger charge is -2.28. The first-order valence-corrected chi connectivity index (χ1v) is 5.44. The summed E-state index contributed by atoms with van der Waals surface area (Å²) in [6, 6.07) is 4.01. The molecule has 1 aromatic carbocycles. The van der Waals surface area contributed by atoms with Crippen molar-refractivity contribution in [2.45, 2.75) is 25.5 Å². The lowest BCUT2D eigenvalue weighted by molar-refractivity contribution is 0.00838. The summed E-state index contributed by atoms with van der Waals surface area (Å²) in [6.45, 7) is 3.38. The van der Waals surface area contributed by atoms with Crippen LogP contribution in [0, 0.1) is 11.6 Å². The Morgan fingerprint density at radius 3 is 2.88 bits per heavy atom. The Morgan fingerprint density at radius 2 is 2.25 bits per heavy atom. The van der Waals surface area contributed by atoms with Crippen LogP contribution in [-0.2, 0) is 11.2 Å². The van der Waals surface area contributed by atoms with Crippen LogP contribution in [0.2, 0.25) is 0 Å². The van der Waals surface area contributed by atoms with Crippen LogP contribution in [0.1, 0.15) is 12.5 Å². The first-order chi connectivity index (χ1) is 7.65. The van der Waals surface area contributed by atoms with E-state index in [9.17, 15) is 8.78 Å². The quantitative estimate of drug-likeness (QED) is 0.833. The van der Waals surface area contributed by atoms with E-state index in [2.05, 4.69) is 5.32 Å². The van der Waals surface area contributed by atoms with E-state index in [0.29, 0.717) is 31.2 Å². The molecule has 0 saturated carbocycles. The predicted octanol–water partition coefficient (Wildman–Crippen LogP) is 1.88. The van der Waals surface area contributed by atoms with Gasteiger partial charge in [-0.15, -0.1) is 0 Å². The van der Waals surface area contributed by atoms with Crippen LogP contribution in [0.4, 0.5) is 8.78 Å². The maximum atomic E-state index is 13.4. The number of ether oxygens (including phenoxy) is 1. The highest BCUT2D eigenvalue weighted by Gasteiger charge is 2.19. The first kappa shape index (κ1) is 11.5. The highest BCUT2D eigenvalue weighted by Crippen LogP contribution is 2.14. The van der Waals surface area contributed by atoms with Crippen LogP contribution < -0.4 is 5.32 Å². The van der Waals surface area contributed by atoms with E-state index in [1.54, 1.807) is 0 Å². The lowest BCUT2D eigenvalue weighted by atomic mass is 10.1. The van der Waals surface area contributed by atoms with Crippen molar-refractivity contribution in [2.24, 2.45) is 0 Å². The molecular weight excluding hydrogens is 212 g/mol. The molecule has 1 aliphatic rings. The van der Waals surface area contributed by atoms with Gasteiger partial charge in [0.05, 0.1) is 12.7 Å². The predicted molar refractivity (Wildman–Crippen MR) is 57.3 cm³/mol. The molecule has 2 nitrogen and oxygen atoms in total. The van der Waals surface area contributed by atoms with Crippen molar-refractivity contribution in [3.8, 4) is 0 Å². The zero-order chi connectivity index (χ0) is 11.5. The second-order valence-electron chi connectivity index (χ2n) is 4.20. The van der Waals surface area contributed by atoms with Crippen molar-refractivity contribution in [3.63, 3.8) is 0 Å². The minimum absolute atomic E-state index is 0.0313. The van der Waals surface area contributed by atoms with Crippen molar-refractivity contribution in [1.29, 1.82) is 0 Å². The third kappa shape index (κ3) is 2.77. The van der Waals surface area contributed by atoms with E-state index < -0.39 is 11.6 Å². The Hall–Kier alpha value is -1.00. The van der Waals surface area contributed by atoms with Gasteiger partial charge >= 0.3 is 0 Å². The molecule has 0 aromatic heterocycles. The number of morpholine rings is 1. The molecular formula is C12H15F2NO. The minimum atomic E-state index is -0.544. The Bertz CT molecular complexity index is 362. The molecule has 1 heterocycles. The van der Waals surface area contributed by atoms with Crippen molar-refractivity contribution in [3.05, 3.63) is 35.4 Å². The third-order valence-corrected chi connectivity index (χ3v) is 2.74. The van der Waals surface area contributed by atoms with Crippen LogP contribution in [0.5, 0.6) is 0 Å². The molecule has 1 saturated heterocycles. The van der Waals surface area contributed by atoms with E-state index in [1.807, 2.05) is 6.92 Å². The van der Waals surface area contributed by atoms with E-state index in [1.165, 1.54) is 12.1 Å². The fourth-order valence-electron chi connectivity index (χ4n) is 1.79. The maximum absolute atomic E-state index is 13.4. The summed E-state index contributed by atoms with van der Waals surface area (Å²) in [5.74, 6) is -1.04.